The molecule has 1 atom stereocenters. The number of amides is 2. The maximum Gasteiger partial charge on any atom is 0.244 e. The fourth-order valence-electron chi connectivity index (χ4n) is 2.67. The summed E-state index contributed by atoms with van der Waals surface area (Å²) in [5, 5.41) is 14.8. The lowest BCUT2D eigenvalue weighted by Gasteiger charge is -2.30. The quantitative estimate of drug-likeness (QED) is 0.845. The highest BCUT2D eigenvalue weighted by molar-refractivity contribution is 8.00. The largest absolute Gasteiger partial charge is 0.323 e. The molecule has 1 aromatic carbocycles. The molecule has 2 amide bonds. The third-order valence-corrected chi connectivity index (χ3v) is 5.06. The highest BCUT2D eigenvalue weighted by Crippen LogP contribution is 2.38. The summed E-state index contributed by atoms with van der Waals surface area (Å²) in [5.41, 5.74) is 1.37. The Labute approximate surface area is 142 Å². The number of hydrogen-bond donors (Lipinski definition) is 1. The smallest absolute Gasteiger partial charge is 0.244 e. The van der Waals surface area contributed by atoms with Crippen LogP contribution in [0.2, 0.25) is 0 Å². The standard InChI is InChI=1S/C15H16N6O2S/c1-9(24-15-17-18-19-21(15)10-6-7-10)14(23)20-8-13(22)16-11-4-2-3-5-12(11)20/h2-5,9-10H,6-8H2,1H3,(H,16,22)/t9-/m1/s1. The van der Waals surface area contributed by atoms with Gasteiger partial charge in [0, 0.05) is 0 Å². The highest BCUT2D eigenvalue weighted by atomic mass is 32.2. The summed E-state index contributed by atoms with van der Waals surface area (Å²) >= 11 is 1.33. The lowest BCUT2D eigenvalue weighted by molar-refractivity contribution is -0.121. The molecule has 1 fully saturated rings. The summed E-state index contributed by atoms with van der Waals surface area (Å²) in [6.45, 7) is 1.84. The molecule has 1 aliphatic carbocycles. The molecule has 0 unspecified atom stereocenters. The number of para-hydroxylation sites is 2. The van der Waals surface area contributed by atoms with Gasteiger partial charge in [-0.2, -0.15) is 0 Å². The van der Waals surface area contributed by atoms with Gasteiger partial charge in [0.05, 0.1) is 22.7 Å². The van der Waals surface area contributed by atoms with Gasteiger partial charge in [-0.3, -0.25) is 14.5 Å². The van der Waals surface area contributed by atoms with Crippen molar-refractivity contribution in [3.8, 4) is 0 Å². The number of benzene rings is 1. The number of carbonyl (C=O) groups is 2. The number of thioether (sulfide) groups is 1. The first kappa shape index (κ1) is 15.1. The molecule has 2 aliphatic rings. The molecule has 0 spiro atoms. The van der Waals surface area contributed by atoms with E-state index in [2.05, 4.69) is 20.8 Å². The van der Waals surface area contributed by atoms with E-state index in [4.69, 9.17) is 0 Å². The second-order valence-corrected chi connectivity index (χ2v) is 7.19. The molecule has 0 bridgehead atoms. The molecule has 1 aromatic heterocycles. The lowest BCUT2D eigenvalue weighted by Crippen LogP contribution is -2.45. The number of carbonyl (C=O) groups excluding carboxylic acids is 2. The van der Waals surface area contributed by atoms with Gasteiger partial charge < -0.3 is 5.32 Å². The van der Waals surface area contributed by atoms with Gasteiger partial charge in [0.1, 0.15) is 6.54 Å². The van der Waals surface area contributed by atoms with E-state index in [9.17, 15) is 9.59 Å². The van der Waals surface area contributed by atoms with Gasteiger partial charge in [-0.05, 0) is 42.3 Å². The van der Waals surface area contributed by atoms with Gasteiger partial charge in [-0.1, -0.05) is 23.9 Å². The van der Waals surface area contributed by atoms with Crippen LogP contribution < -0.4 is 10.2 Å². The van der Waals surface area contributed by atoms with Crippen molar-refractivity contribution in [2.75, 3.05) is 16.8 Å². The Morgan fingerprint density at radius 1 is 1.38 bits per heavy atom. The molecule has 1 aliphatic heterocycles. The Balaban J connectivity index is 1.54. The summed E-state index contributed by atoms with van der Waals surface area (Å²) in [6.07, 6.45) is 2.14. The fourth-order valence-corrected chi connectivity index (χ4v) is 3.59. The van der Waals surface area contributed by atoms with Crippen molar-refractivity contribution in [3.05, 3.63) is 24.3 Å². The molecule has 124 valence electrons. The van der Waals surface area contributed by atoms with E-state index in [1.807, 2.05) is 25.1 Å². The molecule has 0 saturated heterocycles. The minimum absolute atomic E-state index is 0.0221. The van der Waals surface area contributed by atoms with Crippen LogP contribution in [0.25, 0.3) is 0 Å². The van der Waals surface area contributed by atoms with Crippen LogP contribution in [0.5, 0.6) is 0 Å². The van der Waals surface area contributed by atoms with Gasteiger partial charge in [0.15, 0.2) is 0 Å². The zero-order valence-corrected chi connectivity index (χ0v) is 13.9. The first-order valence-corrected chi connectivity index (χ1v) is 8.66. The Kier molecular flexibility index (Phi) is 3.72. The Morgan fingerprint density at radius 2 is 2.17 bits per heavy atom. The maximum atomic E-state index is 12.9. The molecular formula is C15H16N6O2S. The number of anilines is 2. The molecule has 24 heavy (non-hydrogen) atoms. The van der Waals surface area contributed by atoms with E-state index in [0.29, 0.717) is 16.9 Å². The molecule has 4 rings (SSSR count). The number of hydrogen-bond acceptors (Lipinski definition) is 6. The van der Waals surface area contributed by atoms with Crippen LogP contribution in [-0.4, -0.2) is 43.8 Å². The average Bonchev–Trinajstić information content (AvgIpc) is 3.33. The maximum absolute atomic E-state index is 12.9. The van der Waals surface area contributed by atoms with E-state index in [-0.39, 0.29) is 18.4 Å². The van der Waals surface area contributed by atoms with Crippen LogP contribution in [0, 0.1) is 0 Å². The van der Waals surface area contributed by atoms with Gasteiger partial charge in [-0.15, -0.1) is 5.10 Å². The molecule has 2 aromatic rings. The molecule has 1 N–H and O–H groups in total. The van der Waals surface area contributed by atoms with Crippen molar-refractivity contribution in [1.29, 1.82) is 0 Å². The minimum atomic E-state index is -0.396. The van der Waals surface area contributed by atoms with Crippen LogP contribution in [0.3, 0.4) is 0 Å². The Hall–Kier alpha value is -2.42. The number of tetrazole rings is 1. The summed E-state index contributed by atoms with van der Waals surface area (Å²) in [7, 11) is 0. The van der Waals surface area contributed by atoms with Crippen LogP contribution in [0.15, 0.2) is 29.4 Å². The van der Waals surface area contributed by atoms with Crippen molar-refractivity contribution < 1.29 is 9.59 Å². The van der Waals surface area contributed by atoms with E-state index in [1.54, 1.807) is 10.7 Å². The zero-order chi connectivity index (χ0) is 16.7. The average molecular weight is 344 g/mol. The van der Waals surface area contributed by atoms with Crippen LogP contribution in [0.4, 0.5) is 11.4 Å². The van der Waals surface area contributed by atoms with E-state index >= 15 is 0 Å². The number of nitrogens with one attached hydrogen (secondary N) is 1. The molecule has 9 heteroatoms. The van der Waals surface area contributed by atoms with E-state index in [1.165, 1.54) is 16.7 Å². The van der Waals surface area contributed by atoms with Crippen LogP contribution >= 0.6 is 11.8 Å². The van der Waals surface area contributed by atoms with Crippen molar-refractivity contribution >= 4 is 35.0 Å². The molecule has 8 nitrogen and oxygen atoms in total. The minimum Gasteiger partial charge on any atom is -0.323 e. The second-order valence-electron chi connectivity index (χ2n) is 5.89. The van der Waals surface area contributed by atoms with E-state index in [0.717, 1.165) is 18.5 Å². The normalized spacial score (nSPS) is 18.0. The fraction of sp³-hybridized carbons (Fsp3) is 0.400. The monoisotopic (exact) mass is 344 g/mol. The van der Waals surface area contributed by atoms with Crippen molar-refractivity contribution in [2.24, 2.45) is 0 Å². The van der Waals surface area contributed by atoms with Crippen molar-refractivity contribution in [1.82, 2.24) is 20.2 Å². The number of fused-ring (bicyclic) bond motifs is 1. The summed E-state index contributed by atoms with van der Waals surface area (Å²) in [6, 6.07) is 7.65. The topological polar surface area (TPSA) is 93.0 Å². The third-order valence-electron chi connectivity index (χ3n) is 4.02. The summed E-state index contributed by atoms with van der Waals surface area (Å²) in [5.74, 6) is -0.324. The summed E-state index contributed by atoms with van der Waals surface area (Å²) < 4.78 is 1.78. The molecule has 0 radical (unpaired) electrons. The van der Waals surface area contributed by atoms with Crippen LogP contribution in [0.1, 0.15) is 25.8 Å². The molecule has 1 saturated carbocycles. The predicted octanol–water partition coefficient (Wildman–Crippen LogP) is 1.47. The van der Waals surface area contributed by atoms with Crippen LogP contribution in [-0.2, 0) is 9.59 Å². The van der Waals surface area contributed by atoms with Gasteiger partial charge in [0.25, 0.3) is 0 Å². The van der Waals surface area contributed by atoms with Gasteiger partial charge >= 0.3 is 0 Å². The molecular weight excluding hydrogens is 328 g/mol. The predicted molar refractivity (Wildman–Crippen MR) is 88.8 cm³/mol. The van der Waals surface area contributed by atoms with Gasteiger partial charge in [0.2, 0.25) is 17.0 Å². The zero-order valence-electron chi connectivity index (χ0n) is 13.0. The number of aromatic nitrogens is 4. The van der Waals surface area contributed by atoms with E-state index < -0.39 is 5.25 Å². The Bertz CT molecular complexity index is 803. The highest BCUT2D eigenvalue weighted by Gasteiger charge is 2.33. The van der Waals surface area contributed by atoms with Gasteiger partial charge in [-0.25, -0.2) is 4.68 Å². The molecule has 2 heterocycles. The second kappa shape index (κ2) is 5.90. The lowest BCUT2D eigenvalue weighted by atomic mass is 10.2. The number of rotatable bonds is 4. The van der Waals surface area contributed by atoms with Crippen molar-refractivity contribution in [3.63, 3.8) is 0 Å². The number of nitrogens with zero attached hydrogens (tertiary/aromatic N) is 5. The first-order chi connectivity index (χ1) is 11.6. The van der Waals surface area contributed by atoms with Crippen molar-refractivity contribution in [2.45, 2.75) is 36.2 Å². The Morgan fingerprint density at radius 3 is 2.96 bits per heavy atom. The SMILES string of the molecule is C[C@@H](Sc1nnnn1C1CC1)C(=O)N1CC(=O)Nc2ccccc21. The summed E-state index contributed by atoms with van der Waals surface area (Å²) in [4.78, 5) is 26.3. The first-order valence-electron chi connectivity index (χ1n) is 7.78. The third kappa shape index (κ3) is 2.75.